The minimum Gasteiger partial charge on any atom is -0.483 e. The Morgan fingerprint density at radius 3 is 2.71 bits per heavy atom. The van der Waals surface area contributed by atoms with Crippen molar-refractivity contribution in [2.45, 2.75) is 6.04 Å². The Kier molecular flexibility index (Phi) is 7.53. The van der Waals surface area contributed by atoms with Crippen LogP contribution in [0.1, 0.15) is 6.04 Å². The average Bonchev–Trinajstić information content (AvgIpc) is 3.24. The number of carboxylic acid groups (broad SMARTS) is 1. The highest BCUT2D eigenvalue weighted by molar-refractivity contribution is 7.89. The van der Waals surface area contributed by atoms with Crippen LogP contribution < -0.4 is 0 Å². The first-order chi connectivity index (χ1) is 13.2. The van der Waals surface area contributed by atoms with Crippen LogP contribution in [-0.2, 0) is 19.6 Å². The molecule has 2 heterocycles. The maximum Gasteiger partial charge on any atom is 0.290 e. The monoisotopic (exact) mass is 433 g/mol. The van der Waals surface area contributed by atoms with Gasteiger partial charge in [0.25, 0.3) is 6.47 Å². The molecular weight excluding hydrogens is 413 g/mol. The second-order valence-corrected chi connectivity index (χ2v) is 8.92. The van der Waals surface area contributed by atoms with E-state index in [1.807, 2.05) is 0 Å². The van der Waals surface area contributed by atoms with Crippen LogP contribution in [0.5, 0.6) is 0 Å². The molecule has 1 aliphatic rings. The fraction of sp³-hybridized carbons (Fsp3) is 0.412. The smallest absolute Gasteiger partial charge is 0.290 e. The first kappa shape index (κ1) is 22.3. The molecule has 8 nitrogen and oxygen atoms in total. The third kappa shape index (κ3) is 4.88. The molecule has 0 saturated carbocycles. The topological polar surface area (TPSA) is 102 Å². The highest BCUT2D eigenvalue weighted by atomic mass is 35.5. The Labute approximate surface area is 167 Å². The standard InChI is InChI=1S/C16H19ClFN3O3S.CH2O2/c1-20(2)25(22,23)10-11-8-24-9-14(11)21-7-6-19-16(21)15-12(17)4-3-5-13(15)18;2-1-3/h3-7,11,14H,8-10H2,1-2H3;1H,(H,2,3)/t11-,14-;/m1./s1. The van der Waals surface area contributed by atoms with E-state index in [-0.39, 0.29) is 34.8 Å². The molecule has 2 atom stereocenters. The molecule has 1 fully saturated rings. The molecule has 0 aliphatic carbocycles. The maximum absolute atomic E-state index is 14.3. The van der Waals surface area contributed by atoms with Gasteiger partial charge in [0.1, 0.15) is 11.6 Å². The molecule has 1 aromatic carbocycles. The van der Waals surface area contributed by atoms with Gasteiger partial charge in [-0.2, -0.15) is 0 Å². The van der Waals surface area contributed by atoms with Gasteiger partial charge < -0.3 is 14.4 Å². The van der Waals surface area contributed by atoms with Crippen molar-refractivity contribution in [2.75, 3.05) is 33.1 Å². The Morgan fingerprint density at radius 1 is 1.43 bits per heavy atom. The van der Waals surface area contributed by atoms with Crippen LogP contribution >= 0.6 is 11.6 Å². The van der Waals surface area contributed by atoms with E-state index >= 15 is 0 Å². The SMILES string of the molecule is CN(C)S(=O)(=O)C[C@H]1COC[C@H]1n1ccnc1-c1c(F)cccc1Cl.O=CO. The number of hydrogen-bond donors (Lipinski definition) is 1. The number of nitrogens with zero attached hydrogens (tertiary/aromatic N) is 3. The van der Waals surface area contributed by atoms with E-state index in [2.05, 4.69) is 4.98 Å². The molecule has 11 heteroatoms. The van der Waals surface area contributed by atoms with Crippen LogP contribution in [0.2, 0.25) is 5.02 Å². The summed E-state index contributed by atoms with van der Waals surface area (Å²) < 4.78 is 47.2. The number of rotatable bonds is 5. The molecule has 1 saturated heterocycles. The summed E-state index contributed by atoms with van der Waals surface area (Å²) in [6.45, 7) is 0.406. The van der Waals surface area contributed by atoms with Crippen LogP contribution in [0.3, 0.4) is 0 Å². The molecule has 0 amide bonds. The largest absolute Gasteiger partial charge is 0.483 e. The van der Waals surface area contributed by atoms with Crippen molar-refractivity contribution in [2.24, 2.45) is 5.92 Å². The van der Waals surface area contributed by atoms with Crippen LogP contribution in [0.4, 0.5) is 4.39 Å². The fourth-order valence-corrected chi connectivity index (χ4v) is 4.36. The van der Waals surface area contributed by atoms with E-state index < -0.39 is 15.8 Å². The number of aromatic nitrogens is 2. The normalized spacial score (nSPS) is 19.3. The lowest BCUT2D eigenvalue weighted by molar-refractivity contribution is -0.122. The van der Waals surface area contributed by atoms with E-state index in [4.69, 9.17) is 26.2 Å². The lowest BCUT2D eigenvalue weighted by atomic mass is 10.1. The van der Waals surface area contributed by atoms with Crippen molar-refractivity contribution in [3.8, 4) is 11.4 Å². The summed E-state index contributed by atoms with van der Waals surface area (Å²) in [4.78, 5) is 12.6. The van der Waals surface area contributed by atoms with Crippen molar-refractivity contribution in [3.63, 3.8) is 0 Å². The summed E-state index contributed by atoms with van der Waals surface area (Å²) in [5.41, 5.74) is 0.204. The molecular formula is C17H21ClFN3O5S. The summed E-state index contributed by atoms with van der Waals surface area (Å²) in [6.07, 6.45) is 3.25. The quantitative estimate of drug-likeness (QED) is 0.725. The van der Waals surface area contributed by atoms with Gasteiger partial charge in [0.2, 0.25) is 10.0 Å². The van der Waals surface area contributed by atoms with E-state index in [1.54, 1.807) is 23.0 Å². The molecule has 28 heavy (non-hydrogen) atoms. The highest BCUT2D eigenvalue weighted by Gasteiger charge is 2.35. The molecule has 0 unspecified atom stereocenters. The molecule has 2 aromatic rings. The van der Waals surface area contributed by atoms with Crippen LogP contribution in [-0.4, -0.2) is 66.9 Å². The number of carbonyl (C=O) groups is 1. The first-order valence-corrected chi connectivity index (χ1v) is 10.2. The maximum atomic E-state index is 14.3. The minimum absolute atomic E-state index is 0.0483. The Balaban J connectivity index is 0.000000878. The number of ether oxygens (including phenoxy) is 1. The minimum atomic E-state index is -3.38. The number of imidazole rings is 1. The molecule has 0 spiro atoms. The first-order valence-electron chi connectivity index (χ1n) is 8.26. The highest BCUT2D eigenvalue weighted by Crippen LogP contribution is 2.35. The number of sulfonamides is 1. The number of benzene rings is 1. The van der Waals surface area contributed by atoms with E-state index in [0.717, 1.165) is 0 Å². The van der Waals surface area contributed by atoms with Gasteiger partial charge in [0, 0.05) is 32.4 Å². The number of halogens is 2. The van der Waals surface area contributed by atoms with Gasteiger partial charge in [-0.3, -0.25) is 4.79 Å². The molecule has 3 rings (SSSR count). The fourth-order valence-electron chi connectivity index (χ4n) is 2.96. The van der Waals surface area contributed by atoms with Crippen LogP contribution in [0, 0.1) is 11.7 Å². The third-order valence-corrected chi connectivity index (χ3v) is 6.64. The van der Waals surface area contributed by atoms with Gasteiger partial charge in [0.15, 0.2) is 0 Å². The lowest BCUT2D eigenvalue weighted by Gasteiger charge is -2.23. The van der Waals surface area contributed by atoms with Crippen molar-refractivity contribution in [1.82, 2.24) is 13.9 Å². The molecule has 1 N–H and O–H groups in total. The summed E-state index contributed by atoms with van der Waals surface area (Å²) in [5, 5.41) is 7.14. The van der Waals surface area contributed by atoms with Crippen molar-refractivity contribution in [1.29, 1.82) is 0 Å². The zero-order valence-corrected chi connectivity index (χ0v) is 16.9. The Morgan fingerprint density at radius 2 is 2.11 bits per heavy atom. The van der Waals surface area contributed by atoms with Gasteiger partial charge in [0.05, 0.1) is 35.6 Å². The molecule has 0 radical (unpaired) electrons. The predicted octanol–water partition coefficient (Wildman–Crippen LogP) is 2.12. The van der Waals surface area contributed by atoms with Crippen molar-refractivity contribution >= 4 is 28.1 Å². The summed E-state index contributed by atoms with van der Waals surface area (Å²) >= 11 is 6.16. The zero-order valence-electron chi connectivity index (χ0n) is 15.3. The lowest BCUT2D eigenvalue weighted by Crippen LogP contribution is -2.32. The second kappa shape index (κ2) is 9.46. The molecule has 154 valence electrons. The average molecular weight is 434 g/mol. The summed E-state index contributed by atoms with van der Waals surface area (Å²) in [6, 6.07) is 4.18. The van der Waals surface area contributed by atoms with E-state index in [9.17, 15) is 12.8 Å². The number of hydrogen-bond acceptors (Lipinski definition) is 5. The Bertz CT molecular complexity index is 899. The van der Waals surface area contributed by atoms with Crippen LogP contribution in [0.25, 0.3) is 11.4 Å². The van der Waals surface area contributed by atoms with Gasteiger partial charge in [-0.15, -0.1) is 0 Å². The summed E-state index contributed by atoms with van der Waals surface area (Å²) in [7, 11) is -0.376. The van der Waals surface area contributed by atoms with E-state index in [1.165, 1.54) is 30.5 Å². The molecule has 1 aromatic heterocycles. The second-order valence-electron chi connectivity index (χ2n) is 6.29. The van der Waals surface area contributed by atoms with Gasteiger partial charge >= 0.3 is 0 Å². The predicted molar refractivity (Wildman–Crippen MR) is 102 cm³/mol. The van der Waals surface area contributed by atoms with Gasteiger partial charge in [-0.1, -0.05) is 17.7 Å². The van der Waals surface area contributed by atoms with Crippen molar-refractivity contribution < 1.29 is 27.4 Å². The van der Waals surface area contributed by atoms with Crippen LogP contribution in [0.15, 0.2) is 30.6 Å². The van der Waals surface area contributed by atoms with Crippen molar-refractivity contribution in [3.05, 3.63) is 41.4 Å². The summed E-state index contributed by atoms with van der Waals surface area (Å²) in [5.74, 6) is -0.416. The van der Waals surface area contributed by atoms with E-state index in [0.29, 0.717) is 19.0 Å². The zero-order chi connectivity index (χ0) is 20.9. The molecule has 0 bridgehead atoms. The van der Waals surface area contributed by atoms with Gasteiger partial charge in [-0.05, 0) is 12.1 Å². The van der Waals surface area contributed by atoms with Gasteiger partial charge in [-0.25, -0.2) is 22.1 Å². The molecule has 1 aliphatic heterocycles. The Hall–Kier alpha value is -2.01. The third-order valence-electron chi connectivity index (χ3n) is 4.36.